The number of hydrogen-bond acceptors (Lipinski definition) is 4. The van der Waals surface area contributed by atoms with Gasteiger partial charge in [-0.05, 0) is 19.9 Å². The van der Waals surface area contributed by atoms with Gasteiger partial charge in [0, 0.05) is 23.2 Å². The molecule has 0 unspecified atom stereocenters. The lowest BCUT2D eigenvalue weighted by molar-refractivity contribution is -0.166. The van der Waals surface area contributed by atoms with E-state index >= 15 is 0 Å². The monoisotopic (exact) mass is 328 g/mol. The minimum absolute atomic E-state index is 0.229. The Hall–Kier alpha value is -1.04. The van der Waals surface area contributed by atoms with Gasteiger partial charge in [0.25, 0.3) is 0 Å². The van der Waals surface area contributed by atoms with E-state index in [4.69, 9.17) is 9.47 Å². The van der Waals surface area contributed by atoms with Crippen LogP contribution in [-0.4, -0.2) is 31.1 Å². The Labute approximate surface area is 121 Å². The molecule has 0 aliphatic rings. The fourth-order valence-electron chi connectivity index (χ4n) is 1.56. The highest BCUT2D eigenvalue weighted by molar-refractivity contribution is 9.10. The van der Waals surface area contributed by atoms with Crippen molar-refractivity contribution in [2.75, 3.05) is 13.2 Å². The number of Topliss-reactive ketones (excluding diaryl/α,β-unsaturated/α-hetero) is 2. The Balaban J connectivity index is 2.70. The summed E-state index contributed by atoms with van der Waals surface area (Å²) in [5.74, 6) is -0.605. The van der Waals surface area contributed by atoms with Gasteiger partial charge >= 0.3 is 0 Å². The number of ether oxygens (including phenoxy) is 2. The summed E-state index contributed by atoms with van der Waals surface area (Å²) in [6, 6.07) is 7.01. The van der Waals surface area contributed by atoms with Gasteiger partial charge < -0.3 is 9.47 Å². The summed E-state index contributed by atoms with van der Waals surface area (Å²) in [4.78, 5) is 24.0. The summed E-state index contributed by atoms with van der Waals surface area (Å²) < 4.78 is 11.0. The van der Waals surface area contributed by atoms with Crippen LogP contribution in [0.25, 0.3) is 0 Å². The van der Waals surface area contributed by atoms with E-state index in [9.17, 15) is 9.59 Å². The fraction of sp³-hybridized carbons (Fsp3) is 0.429. The SMILES string of the molecule is CCOC(OCC)C(=O)CC(=O)c1ccccc1Br. The maximum absolute atomic E-state index is 12.0. The molecule has 0 heterocycles. The second-order valence-corrected chi connectivity index (χ2v) is 4.64. The molecular weight excluding hydrogens is 312 g/mol. The van der Waals surface area contributed by atoms with Gasteiger partial charge in [0.15, 0.2) is 11.6 Å². The molecule has 0 aromatic heterocycles. The van der Waals surface area contributed by atoms with E-state index in [1.807, 2.05) is 6.07 Å². The van der Waals surface area contributed by atoms with Crippen molar-refractivity contribution < 1.29 is 19.1 Å². The predicted octanol–water partition coefficient (Wildman–Crippen LogP) is 2.99. The van der Waals surface area contributed by atoms with Crippen molar-refractivity contribution in [2.45, 2.75) is 26.6 Å². The highest BCUT2D eigenvalue weighted by atomic mass is 79.9. The van der Waals surface area contributed by atoms with Crippen molar-refractivity contribution in [1.82, 2.24) is 0 Å². The van der Waals surface area contributed by atoms with Crippen LogP contribution in [0.1, 0.15) is 30.6 Å². The Morgan fingerprint density at radius 3 is 2.26 bits per heavy atom. The summed E-state index contributed by atoms with van der Waals surface area (Å²) in [5.41, 5.74) is 0.489. The van der Waals surface area contributed by atoms with E-state index in [1.54, 1.807) is 32.0 Å². The summed E-state index contributed by atoms with van der Waals surface area (Å²) in [6.45, 7) is 4.27. The minimum atomic E-state index is -0.957. The van der Waals surface area contributed by atoms with Gasteiger partial charge in [-0.1, -0.05) is 34.1 Å². The second-order valence-electron chi connectivity index (χ2n) is 3.79. The Morgan fingerprint density at radius 1 is 1.16 bits per heavy atom. The van der Waals surface area contributed by atoms with Crippen LogP contribution in [0, 0.1) is 0 Å². The zero-order chi connectivity index (χ0) is 14.3. The van der Waals surface area contributed by atoms with Crippen LogP contribution in [0.3, 0.4) is 0 Å². The van der Waals surface area contributed by atoms with Crippen molar-refractivity contribution in [3.63, 3.8) is 0 Å². The topological polar surface area (TPSA) is 52.6 Å². The van der Waals surface area contributed by atoms with Gasteiger partial charge in [-0.25, -0.2) is 0 Å². The predicted molar refractivity (Wildman–Crippen MR) is 75.1 cm³/mol. The summed E-state index contributed by atoms with van der Waals surface area (Å²) in [5, 5.41) is 0. The van der Waals surface area contributed by atoms with E-state index < -0.39 is 6.29 Å². The van der Waals surface area contributed by atoms with Gasteiger partial charge in [-0.15, -0.1) is 0 Å². The summed E-state index contributed by atoms with van der Waals surface area (Å²) in [7, 11) is 0. The molecule has 104 valence electrons. The molecule has 0 atom stereocenters. The molecule has 0 amide bonds. The smallest absolute Gasteiger partial charge is 0.218 e. The van der Waals surface area contributed by atoms with Gasteiger partial charge in [0.2, 0.25) is 6.29 Å². The molecule has 19 heavy (non-hydrogen) atoms. The first-order valence-corrected chi connectivity index (χ1v) is 6.93. The first kappa shape index (κ1) is 16.0. The van der Waals surface area contributed by atoms with Crippen molar-refractivity contribution >= 4 is 27.5 Å². The van der Waals surface area contributed by atoms with Gasteiger partial charge in [0.1, 0.15) is 0 Å². The average molecular weight is 329 g/mol. The lowest BCUT2D eigenvalue weighted by Gasteiger charge is -2.15. The van der Waals surface area contributed by atoms with Crippen LogP contribution in [0.15, 0.2) is 28.7 Å². The number of benzene rings is 1. The Bertz CT molecular complexity index is 439. The molecule has 0 aliphatic carbocycles. The van der Waals surface area contributed by atoms with E-state index in [0.717, 1.165) is 0 Å². The molecule has 4 nitrogen and oxygen atoms in total. The van der Waals surface area contributed by atoms with Crippen LogP contribution < -0.4 is 0 Å². The van der Waals surface area contributed by atoms with Gasteiger partial charge in [-0.2, -0.15) is 0 Å². The number of carbonyl (C=O) groups excluding carboxylic acids is 2. The number of ketones is 2. The number of hydrogen-bond donors (Lipinski definition) is 0. The molecule has 0 fully saturated rings. The van der Waals surface area contributed by atoms with E-state index in [-0.39, 0.29) is 18.0 Å². The first-order chi connectivity index (χ1) is 9.10. The maximum Gasteiger partial charge on any atom is 0.218 e. The van der Waals surface area contributed by atoms with Crippen molar-refractivity contribution in [3.8, 4) is 0 Å². The molecule has 0 N–H and O–H groups in total. The van der Waals surface area contributed by atoms with Gasteiger partial charge in [0.05, 0.1) is 6.42 Å². The molecule has 5 heteroatoms. The third-order valence-electron chi connectivity index (χ3n) is 2.41. The standard InChI is InChI=1S/C14H17BrO4/c1-3-18-14(19-4-2)13(17)9-12(16)10-7-5-6-8-11(10)15/h5-8,14H,3-4,9H2,1-2H3. The quantitative estimate of drug-likeness (QED) is 0.418. The zero-order valence-electron chi connectivity index (χ0n) is 11.0. The number of halogens is 1. The fourth-order valence-corrected chi connectivity index (χ4v) is 2.07. The molecule has 1 aromatic rings. The van der Waals surface area contributed by atoms with Crippen molar-refractivity contribution in [2.24, 2.45) is 0 Å². The third-order valence-corrected chi connectivity index (χ3v) is 3.10. The minimum Gasteiger partial charge on any atom is -0.346 e. The van der Waals surface area contributed by atoms with Crippen LogP contribution in [0.2, 0.25) is 0 Å². The summed E-state index contributed by atoms with van der Waals surface area (Å²) in [6.07, 6.45) is -1.19. The van der Waals surface area contributed by atoms with Crippen LogP contribution >= 0.6 is 15.9 Å². The molecule has 0 bridgehead atoms. The highest BCUT2D eigenvalue weighted by Crippen LogP contribution is 2.18. The molecule has 0 aliphatic heterocycles. The molecule has 1 aromatic carbocycles. The lowest BCUT2D eigenvalue weighted by atomic mass is 10.1. The number of rotatable bonds is 8. The Morgan fingerprint density at radius 2 is 1.74 bits per heavy atom. The highest BCUT2D eigenvalue weighted by Gasteiger charge is 2.23. The van der Waals surface area contributed by atoms with E-state index in [2.05, 4.69) is 15.9 Å². The van der Waals surface area contributed by atoms with Crippen molar-refractivity contribution in [3.05, 3.63) is 34.3 Å². The van der Waals surface area contributed by atoms with E-state index in [0.29, 0.717) is 23.2 Å². The normalized spacial score (nSPS) is 10.7. The molecule has 0 radical (unpaired) electrons. The molecular formula is C14H17BrO4. The molecule has 0 spiro atoms. The largest absolute Gasteiger partial charge is 0.346 e. The maximum atomic E-state index is 12.0. The van der Waals surface area contributed by atoms with Crippen LogP contribution in [-0.2, 0) is 14.3 Å². The average Bonchev–Trinajstić information content (AvgIpc) is 2.38. The Kier molecular flexibility index (Phi) is 6.91. The van der Waals surface area contributed by atoms with Crippen LogP contribution in [0.4, 0.5) is 0 Å². The molecule has 1 rings (SSSR count). The van der Waals surface area contributed by atoms with E-state index in [1.165, 1.54) is 0 Å². The zero-order valence-corrected chi connectivity index (χ0v) is 12.6. The van der Waals surface area contributed by atoms with Gasteiger partial charge in [-0.3, -0.25) is 9.59 Å². The lowest BCUT2D eigenvalue weighted by Crippen LogP contribution is -2.29. The third kappa shape index (κ3) is 4.86. The second kappa shape index (κ2) is 8.19. The molecule has 0 saturated carbocycles. The molecule has 0 saturated heterocycles. The van der Waals surface area contributed by atoms with Crippen molar-refractivity contribution in [1.29, 1.82) is 0 Å². The first-order valence-electron chi connectivity index (χ1n) is 6.13. The van der Waals surface area contributed by atoms with Crippen LogP contribution in [0.5, 0.6) is 0 Å². The summed E-state index contributed by atoms with van der Waals surface area (Å²) >= 11 is 3.29. The number of carbonyl (C=O) groups is 2.